The molecule has 3 aliphatic rings. The average molecular weight is 435 g/mol. The van der Waals surface area contributed by atoms with E-state index in [0.29, 0.717) is 22.8 Å². The zero-order chi connectivity index (χ0) is 18.4. The Balaban J connectivity index is 0.00000210. The Bertz CT molecular complexity index is 619. The van der Waals surface area contributed by atoms with Crippen LogP contribution in [0.25, 0.3) is 0 Å². The Kier molecular flexibility index (Phi) is 6.33. The van der Waals surface area contributed by atoms with Gasteiger partial charge in [-0.2, -0.15) is 0 Å². The first-order valence-corrected chi connectivity index (χ1v) is 10.9. The molecule has 3 heteroatoms. The van der Waals surface area contributed by atoms with E-state index in [0.717, 1.165) is 19.0 Å². The third-order valence-corrected chi connectivity index (χ3v) is 6.84. The van der Waals surface area contributed by atoms with Crippen molar-refractivity contribution in [2.45, 2.75) is 78.2 Å². The molecule has 1 N–H and O–H groups in total. The van der Waals surface area contributed by atoms with Crippen LogP contribution in [0.3, 0.4) is 0 Å². The Morgan fingerprint density at radius 2 is 1.70 bits per heavy atom. The first-order valence-electron chi connectivity index (χ1n) is 10.9. The zero-order valence-electron chi connectivity index (χ0n) is 17.8. The van der Waals surface area contributed by atoms with Gasteiger partial charge in [0.2, 0.25) is 0 Å². The molecule has 1 aromatic carbocycles. The van der Waals surface area contributed by atoms with Crippen molar-refractivity contribution in [2.75, 3.05) is 24.5 Å². The highest BCUT2D eigenvalue weighted by molar-refractivity contribution is 8.93. The van der Waals surface area contributed by atoms with Gasteiger partial charge in [0.1, 0.15) is 0 Å². The van der Waals surface area contributed by atoms with Crippen LogP contribution in [0.1, 0.15) is 77.7 Å². The summed E-state index contributed by atoms with van der Waals surface area (Å²) in [5.74, 6) is 1.70. The maximum Gasteiger partial charge on any atom is 0.0402 e. The minimum absolute atomic E-state index is 0. The van der Waals surface area contributed by atoms with E-state index < -0.39 is 0 Å². The monoisotopic (exact) mass is 434 g/mol. The molecule has 1 heterocycles. The summed E-state index contributed by atoms with van der Waals surface area (Å²) in [5, 5.41) is 3.77. The normalized spacial score (nSPS) is 27.9. The lowest BCUT2D eigenvalue weighted by molar-refractivity contribution is 0.0970. The second-order valence-corrected chi connectivity index (χ2v) is 10.9. The largest absolute Gasteiger partial charge is 0.368 e. The van der Waals surface area contributed by atoms with E-state index in [9.17, 15) is 0 Å². The highest BCUT2D eigenvalue weighted by Crippen LogP contribution is 2.53. The molecule has 0 spiro atoms. The number of nitrogens with zero attached hydrogens (tertiary/aromatic N) is 1. The number of rotatable bonds is 4. The number of benzene rings is 1. The minimum atomic E-state index is 0. The molecule has 3 fully saturated rings. The van der Waals surface area contributed by atoms with Gasteiger partial charge in [0.25, 0.3) is 0 Å². The predicted molar refractivity (Wildman–Crippen MR) is 122 cm³/mol. The van der Waals surface area contributed by atoms with Crippen molar-refractivity contribution in [1.29, 1.82) is 0 Å². The van der Waals surface area contributed by atoms with Crippen LogP contribution < -0.4 is 10.2 Å². The summed E-state index contributed by atoms with van der Waals surface area (Å²) in [7, 11) is 0. The molecule has 0 bridgehead atoms. The summed E-state index contributed by atoms with van der Waals surface area (Å²) in [5.41, 5.74) is 4.02. The molecule has 0 amide bonds. The van der Waals surface area contributed by atoms with Crippen LogP contribution in [0.2, 0.25) is 0 Å². The van der Waals surface area contributed by atoms with Crippen molar-refractivity contribution in [3.63, 3.8) is 0 Å². The third-order valence-electron chi connectivity index (χ3n) is 6.84. The highest BCUT2D eigenvalue weighted by atomic mass is 79.9. The van der Waals surface area contributed by atoms with E-state index in [-0.39, 0.29) is 17.0 Å². The molecule has 2 nitrogen and oxygen atoms in total. The fourth-order valence-corrected chi connectivity index (χ4v) is 6.14. The highest BCUT2D eigenvalue weighted by Gasteiger charge is 2.40. The van der Waals surface area contributed by atoms with Gasteiger partial charge in [-0.1, -0.05) is 58.7 Å². The third kappa shape index (κ3) is 5.29. The van der Waals surface area contributed by atoms with Crippen molar-refractivity contribution >= 4 is 22.7 Å². The number of hydrogen-bond acceptors (Lipinski definition) is 2. The van der Waals surface area contributed by atoms with Crippen LogP contribution in [0.4, 0.5) is 5.69 Å². The minimum Gasteiger partial charge on any atom is -0.368 e. The maximum absolute atomic E-state index is 3.77. The summed E-state index contributed by atoms with van der Waals surface area (Å²) < 4.78 is 0. The summed E-state index contributed by atoms with van der Waals surface area (Å²) >= 11 is 0. The Morgan fingerprint density at radius 3 is 2.37 bits per heavy atom. The molecular weight excluding hydrogens is 396 g/mol. The Morgan fingerprint density at radius 1 is 1.04 bits per heavy atom. The first kappa shape index (κ1) is 21.2. The average Bonchev–Trinajstić information content (AvgIpc) is 3.36. The Hall–Kier alpha value is -0.540. The van der Waals surface area contributed by atoms with Crippen LogP contribution in [0.15, 0.2) is 24.3 Å². The van der Waals surface area contributed by atoms with Gasteiger partial charge in [-0.05, 0) is 60.0 Å². The van der Waals surface area contributed by atoms with Crippen LogP contribution in [-0.2, 0) is 0 Å². The molecule has 0 aromatic heterocycles. The van der Waals surface area contributed by atoms with Gasteiger partial charge in [0.05, 0.1) is 0 Å². The number of anilines is 1. The molecule has 1 aromatic rings. The number of piperazine rings is 1. The second kappa shape index (κ2) is 8.06. The van der Waals surface area contributed by atoms with Crippen molar-refractivity contribution in [1.82, 2.24) is 5.32 Å². The standard InChI is InChI=1S/C24H38N2.BrH/c1-23(2)14-19(15-24(3,4)17-23)21-7-5-6-8-22(21)26-12-11-25-20(16-26)13-18-9-10-18;/h5-8,18-20,25H,9-17H2,1-4H3;1H. The van der Waals surface area contributed by atoms with Crippen LogP contribution in [0, 0.1) is 16.7 Å². The van der Waals surface area contributed by atoms with Gasteiger partial charge in [-0.25, -0.2) is 0 Å². The maximum atomic E-state index is 3.77. The van der Waals surface area contributed by atoms with Crippen LogP contribution in [0.5, 0.6) is 0 Å². The fourth-order valence-electron chi connectivity index (χ4n) is 6.14. The molecule has 1 saturated heterocycles. The van der Waals surface area contributed by atoms with E-state index in [1.165, 1.54) is 50.8 Å². The van der Waals surface area contributed by atoms with Crippen molar-refractivity contribution in [2.24, 2.45) is 16.7 Å². The smallest absolute Gasteiger partial charge is 0.0402 e. The fraction of sp³-hybridized carbons (Fsp3) is 0.750. The SMILES string of the molecule is Br.CC1(C)CC(c2ccccc2N2CCNC(CC3CC3)C2)CC(C)(C)C1. The summed E-state index contributed by atoms with van der Waals surface area (Å²) in [4.78, 5) is 2.69. The summed E-state index contributed by atoms with van der Waals surface area (Å²) in [6.45, 7) is 13.4. The molecule has 2 aliphatic carbocycles. The Labute approximate surface area is 177 Å². The van der Waals surface area contributed by atoms with E-state index in [1.54, 1.807) is 5.56 Å². The molecule has 1 unspecified atom stereocenters. The molecule has 1 atom stereocenters. The summed E-state index contributed by atoms with van der Waals surface area (Å²) in [6, 6.07) is 10.0. The van der Waals surface area contributed by atoms with Crippen LogP contribution >= 0.6 is 17.0 Å². The second-order valence-electron chi connectivity index (χ2n) is 10.9. The molecular formula is C24H39BrN2. The quantitative estimate of drug-likeness (QED) is 0.609. The van der Waals surface area contributed by atoms with Crippen LogP contribution in [-0.4, -0.2) is 25.7 Å². The number of halogens is 1. The molecule has 4 rings (SSSR count). The van der Waals surface area contributed by atoms with E-state index in [2.05, 4.69) is 62.2 Å². The van der Waals surface area contributed by atoms with Gasteiger partial charge in [0, 0.05) is 31.4 Å². The summed E-state index contributed by atoms with van der Waals surface area (Å²) in [6.07, 6.45) is 8.29. The lowest BCUT2D eigenvalue weighted by atomic mass is 9.60. The van der Waals surface area contributed by atoms with E-state index >= 15 is 0 Å². The number of para-hydroxylation sites is 1. The topological polar surface area (TPSA) is 15.3 Å². The lowest BCUT2D eigenvalue weighted by Gasteiger charge is -2.46. The van der Waals surface area contributed by atoms with Gasteiger partial charge in [-0.15, -0.1) is 17.0 Å². The van der Waals surface area contributed by atoms with Crippen molar-refractivity contribution < 1.29 is 0 Å². The molecule has 1 aliphatic heterocycles. The van der Waals surface area contributed by atoms with Gasteiger partial charge in [-0.3, -0.25) is 0 Å². The zero-order valence-corrected chi connectivity index (χ0v) is 19.5. The lowest BCUT2D eigenvalue weighted by Crippen LogP contribution is -2.51. The molecule has 152 valence electrons. The molecule has 2 saturated carbocycles. The van der Waals surface area contributed by atoms with E-state index in [1.807, 2.05) is 0 Å². The number of nitrogens with one attached hydrogen (secondary N) is 1. The van der Waals surface area contributed by atoms with E-state index in [4.69, 9.17) is 0 Å². The van der Waals surface area contributed by atoms with Crippen molar-refractivity contribution in [3.05, 3.63) is 29.8 Å². The van der Waals surface area contributed by atoms with Gasteiger partial charge < -0.3 is 10.2 Å². The number of hydrogen-bond donors (Lipinski definition) is 1. The van der Waals surface area contributed by atoms with Gasteiger partial charge in [0.15, 0.2) is 0 Å². The predicted octanol–water partition coefficient (Wildman–Crippen LogP) is 6.16. The molecule has 27 heavy (non-hydrogen) atoms. The van der Waals surface area contributed by atoms with Gasteiger partial charge >= 0.3 is 0 Å². The molecule has 0 radical (unpaired) electrons. The first-order chi connectivity index (χ1) is 12.3. The van der Waals surface area contributed by atoms with Crippen molar-refractivity contribution in [3.8, 4) is 0 Å².